The first-order chi connectivity index (χ1) is 9.54. The van der Waals surface area contributed by atoms with E-state index in [1.165, 1.54) is 0 Å². The van der Waals surface area contributed by atoms with E-state index in [-0.39, 0.29) is 12.5 Å². The Morgan fingerprint density at radius 3 is 2.60 bits per heavy atom. The lowest BCUT2D eigenvalue weighted by molar-refractivity contribution is 0.0780. The van der Waals surface area contributed by atoms with E-state index in [2.05, 4.69) is 16.8 Å². The van der Waals surface area contributed by atoms with Gasteiger partial charge in [0, 0.05) is 38.3 Å². The fraction of sp³-hybridized carbons (Fsp3) is 0.467. The molecule has 5 nitrogen and oxygen atoms in total. The van der Waals surface area contributed by atoms with Crippen LogP contribution in [0, 0.1) is 11.8 Å². The molecule has 0 aliphatic rings. The Morgan fingerprint density at radius 2 is 2.05 bits per heavy atom. The summed E-state index contributed by atoms with van der Waals surface area (Å²) in [5, 5.41) is 8.64. The van der Waals surface area contributed by atoms with Crippen molar-refractivity contribution in [1.29, 1.82) is 0 Å². The molecule has 0 aliphatic carbocycles. The molecule has 0 bridgehead atoms. The molecule has 0 atom stereocenters. The van der Waals surface area contributed by atoms with Crippen molar-refractivity contribution in [3.05, 3.63) is 29.6 Å². The summed E-state index contributed by atoms with van der Waals surface area (Å²) in [6.07, 6.45) is 2.02. The number of aliphatic hydroxyl groups is 1. The van der Waals surface area contributed by atoms with E-state index >= 15 is 0 Å². The third-order valence-electron chi connectivity index (χ3n) is 2.68. The zero-order valence-corrected chi connectivity index (χ0v) is 12.3. The first kappa shape index (κ1) is 16.2. The van der Waals surface area contributed by atoms with Crippen LogP contribution in [0.5, 0.6) is 0 Å². The summed E-state index contributed by atoms with van der Waals surface area (Å²) in [5.74, 6) is 5.60. The number of nitrogens with zero attached hydrogens (tertiary/aromatic N) is 3. The Bertz CT molecular complexity index is 486. The number of carbonyl (C=O) groups is 1. The molecule has 108 valence electrons. The molecule has 0 aliphatic heterocycles. The van der Waals surface area contributed by atoms with Crippen LogP contribution in [0.4, 0.5) is 0 Å². The molecule has 0 aromatic carbocycles. The van der Waals surface area contributed by atoms with Crippen molar-refractivity contribution in [1.82, 2.24) is 14.8 Å². The van der Waals surface area contributed by atoms with E-state index in [1.807, 2.05) is 19.0 Å². The first-order valence-electron chi connectivity index (χ1n) is 6.50. The van der Waals surface area contributed by atoms with Gasteiger partial charge in [-0.1, -0.05) is 11.8 Å². The molecule has 1 amide bonds. The largest absolute Gasteiger partial charge is 0.395 e. The van der Waals surface area contributed by atoms with Gasteiger partial charge in [0.05, 0.1) is 6.61 Å². The number of carbonyl (C=O) groups excluding carboxylic acids is 1. The second kappa shape index (κ2) is 8.31. The smallest absolute Gasteiger partial charge is 0.272 e. The van der Waals surface area contributed by atoms with Crippen molar-refractivity contribution in [2.24, 2.45) is 0 Å². The molecule has 1 rings (SSSR count). The normalized spacial score (nSPS) is 10.1. The van der Waals surface area contributed by atoms with Crippen LogP contribution < -0.4 is 0 Å². The average molecular weight is 275 g/mol. The van der Waals surface area contributed by atoms with E-state index in [9.17, 15) is 4.79 Å². The summed E-state index contributed by atoms with van der Waals surface area (Å²) in [6, 6.07) is 3.45. The van der Waals surface area contributed by atoms with Crippen LogP contribution in [-0.2, 0) is 0 Å². The number of hydrogen-bond acceptors (Lipinski definition) is 4. The summed E-state index contributed by atoms with van der Waals surface area (Å²) in [5.41, 5.74) is 1.16. The van der Waals surface area contributed by atoms with Crippen molar-refractivity contribution < 1.29 is 9.90 Å². The van der Waals surface area contributed by atoms with Crippen LogP contribution in [0.2, 0.25) is 0 Å². The van der Waals surface area contributed by atoms with Gasteiger partial charge in [0.2, 0.25) is 0 Å². The SMILES string of the molecule is CN(C)CCN(C)C(=O)c1ccc(C#CCCO)cn1. The van der Waals surface area contributed by atoms with Crippen molar-refractivity contribution in [2.75, 3.05) is 40.8 Å². The lowest BCUT2D eigenvalue weighted by Gasteiger charge is -2.19. The van der Waals surface area contributed by atoms with Gasteiger partial charge in [-0.25, -0.2) is 4.98 Å². The van der Waals surface area contributed by atoms with E-state index in [4.69, 9.17) is 5.11 Å². The minimum atomic E-state index is -0.0956. The highest BCUT2D eigenvalue weighted by Crippen LogP contribution is 2.02. The van der Waals surface area contributed by atoms with Gasteiger partial charge in [0.15, 0.2) is 0 Å². The van der Waals surface area contributed by atoms with Crippen molar-refractivity contribution >= 4 is 5.91 Å². The van der Waals surface area contributed by atoms with E-state index in [0.29, 0.717) is 18.7 Å². The number of amides is 1. The minimum absolute atomic E-state index is 0.0493. The van der Waals surface area contributed by atoms with Crippen molar-refractivity contribution in [3.63, 3.8) is 0 Å². The highest BCUT2D eigenvalue weighted by molar-refractivity contribution is 5.92. The zero-order valence-electron chi connectivity index (χ0n) is 12.3. The van der Waals surface area contributed by atoms with Gasteiger partial charge in [0.1, 0.15) is 5.69 Å². The molecular weight excluding hydrogens is 254 g/mol. The third-order valence-corrected chi connectivity index (χ3v) is 2.68. The summed E-state index contributed by atoms with van der Waals surface area (Å²) < 4.78 is 0. The quantitative estimate of drug-likeness (QED) is 0.793. The molecule has 1 N–H and O–H groups in total. The van der Waals surface area contributed by atoms with Gasteiger partial charge >= 0.3 is 0 Å². The van der Waals surface area contributed by atoms with Crippen LogP contribution in [0.3, 0.4) is 0 Å². The van der Waals surface area contributed by atoms with E-state index < -0.39 is 0 Å². The second-order valence-electron chi connectivity index (χ2n) is 4.74. The van der Waals surface area contributed by atoms with Gasteiger partial charge in [-0.15, -0.1) is 0 Å². The lowest BCUT2D eigenvalue weighted by atomic mass is 10.2. The number of hydrogen-bond donors (Lipinski definition) is 1. The van der Waals surface area contributed by atoms with Gasteiger partial charge < -0.3 is 14.9 Å². The highest BCUT2D eigenvalue weighted by atomic mass is 16.2. The fourth-order valence-electron chi connectivity index (χ4n) is 1.46. The van der Waals surface area contributed by atoms with Gasteiger partial charge in [-0.3, -0.25) is 4.79 Å². The maximum Gasteiger partial charge on any atom is 0.272 e. The fourth-order valence-corrected chi connectivity index (χ4v) is 1.46. The molecule has 0 radical (unpaired) electrons. The molecule has 0 spiro atoms. The number of aliphatic hydroxyl groups excluding tert-OH is 1. The van der Waals surface area contributed by atoms with Gasteiger partial charge in [-0.2, -0.15) is 0 Å². The Hall–Kier alpha value is -1.90. The topological polar surface area (TPSA) is 56.7 Å². The third kappa shape index (κ3) is 5.39. The summed E-state index contributed by atoms with van der Waals surface area (Å²) in [4.78, 5) is 19.9. The van der Waals surface area contributed by atoms with Crippen molar-refractivity contribution in [3.8, 4) is 11.8 Å². The van der Waals surface area contributed by atoms with Crippen LogP contribution in [0.25, 0.3) is 0 Å². The maximum absolute atomic E-state index is 12.1. The molecule has 0 saturated heterocycles. The Kier molecular flexibility index (Phi) is 6.71. The average Bonchev–Trinajstić information content (AvgIpc) is 2.45. The standard InChI is InChI=1S/C15H21N3O2/c1-17(2)9-10-18(3)15(20)14-8-7-13(12-16-14)6-4-5-11-19/h7-8,12,19H,5,9-11H2,1-3H3. The van der Waals surface area contributed by atoms with E-state index in [0.717, 1.165) is 12.1 Å². The predicted octanol–water partition coefficient (Wildman–Crippen LogP) is 0.449. The van der Waals surface area contributed by atoms with Crippen LogP contribution in [0.15, 0.2) is 18.3 Å². The molecule has 0 saturated carbocycles. The summed E-state index contributed by atoms with van der Waals surface area (Å²) >= 11 is 0. The molecule has 20 heavy (non-hydrogen) atoms. The number of pyridine rings is 1. The van der Waals surface area contributed by atoms with Crippen LogP contribution in [0.1, 0.15) is 22.5 Å². The molecular formula is C15H21N3O2. The Labute approximate surface area is 120 Å². The first-order valence-corrected chi connectivity index (χ1v) is 6.50. The van der Waals surface area contributed by atoms with Gasteiger partial charge in [-0.05, 0) is 26.2 Å². The number of aromatic nitrogens is 1. The highest BCUT2D eigenvalue weighted by Gasteiger charge is 2.12. The monoisotopic (exact) mass is 275 g/mol. The summed E-state index contributed by atoms with van der Waals surface area (Å²) in [7, 11) is 5.70. The number of likely N-dealkylation sites (N-methyl/N-ethyl adjacent to an activating group) is 2. The number of rotatable bonds is 5. The molecule has 0 unspecified atom stereocenters. The van der Waals surface area contributed by atoms with Crippen LogP contribution >= 0.6 is 0 Å². The second-order valence-corrected chi connectivity index (χ2v) is 4.74. The summed E-state index contributed by atoms with van der Waals surface area (Å²) in [6.45, 7) is 1.52. The van der Waals surface area contributed by atoms with Crippen LogP contribution in [-0.4, -0.2) is 66.6 Å². The molecule has 5 heteroatoms. The Morgan fingerprint density at radius 1 is 1.30 bits per heavy atom. The lowest BCUT2D eigenvalue weighted by Crippen LogP contribution is -2.33. The Balaban J connectivity index is 2.64. The molecule has 1 aromatic rings. The molecule has 1 aromatic heterocycles. The van der Waals surface area contributed by atoms with E-state index in [1.54, 1.807) is 30.3 Å². The zero-order chi connectivity index (χ0) is 15.0. The van der Waals surface area contributed by atoms with Crippen molar-refractivity contribution in [2.45, 2.75) is 6.42 Å². The molecule has 1 heterocycles. The minimum Gasteiger partial charge on any atom is -0.395 e. The predicted molar refractivity (Wildman–Crippen MR) is 78.3 cm³/mol. The maximum atomic E-state index is 12.1. The van der Waals surface area contributed by atoms with Gasteiger partial charge in [0.25, 0.3) is 5.91 Å². The molecule has 0 fully saturated rings.